The predicted molar refractivity (Wildman–Crippen MR) is 74.6 cm³/mol. The van der Waals surface area contributed by atoms with Gasteiger partial charge in [0.1, 0.15) is 18.2 Å². The molecule has 0 aliphatic carbocycles. The number of aliphatic hydroxyl groups excluding tert-OH is 1. The van der Waals surface area contributed by atoms with E-state index in [1.165, 1.54) is 0 Å². The molecule has 20 heavy (non-hydrogen) atoms. The van der Waals surface area contributed by atoms with E-state index in [1.807, 2.05) is 6.07 Å². The van der Waals surface area contributed by atoms with Gasteiger partial charge in [-0.25, -0.2) is 4.98 Å². The largest absolute Gasteiger partial charge is 0.507 e. The molecule has 0 unspecified atom stereocenters. The number of hydrogen-bond acceptors (Lipinski definition) is 4. The van der Waals surface area contributed by atoms with Gasteiger partial charge < -0.3 is 15.2 Å². The minimum absolute atomic E-state index is 0.137. The zero-order valence-electron chi connectivity index (χ0n) is 10.5. The van der Waals surface area contributed by atoms with Crippen LogP contribution in [-0.4, -0.2) is 32.6 Å². The molecule has 0 saturated carbocycles. The summed E-state index contributed by atoms with van der Waals surface area (Å²) in [6.45, 7) is -0.522. The van der Waals surface area contributed by atoms with Gasteiger partial charge in [0.05, 0.1) is 16.6 Å². The number of ketones is 1. The fourth-order valence-electron chi connectivity index (χ4n) is 2.08. The second-order valence-corrected chi connectivity index (χ2v) is 4.42. The van der Waals surface area contributed by atoms with Gasteiger partial charge in [-0.1, -0.05) is 12.1 Å². The second-order valence-electron chi connectivity index (χ2n) is 4.42. The molecule has 1 aromatic heterocycles. The number of para-hydroxylation sites is 1. The Labute approximate surface area is 114 Å². The number of hydrogen-bond donors (Lipinski definition) is 3. The second kappa shape index (κ2) is 4.79. The molecule has 0 aliphatic rings. The molecular formula is C15H12N2O3. The molecule has 0 aliphatic heterocycles. The fraction of sp³-hybridized carbons (Fsp3) is 0.0667. The van der Waals surface area contributed by atoms with E-state index in [0.29, 0.717) is 28.0 Å². The van der Waals surface area contributed by atoms with Crippen LogP contribution >= 0.6 is 0 Å². The van der Waals surface area contributed by atoms with Crippen molar-refractivity contribution in [1.29, 1.82) is 0 Å². The topological polar surface area (TPSA) is 86.2 Å². The highest BCUT2D eigenvalue weighted by atomic mass is 16.3. The molecule has 1 heterocycles. The number of fused-ring (bicyclic) bond motifs is 1. The van der Waals surface area contributed by atoms with Gasteiger partial charge in [0.25, 0.3) is 0 Å². The van der Waals surface area contributed by atoms with Gasteiger partial charge in [-0.05, 0) is 30.3 Å². The van der Waals surface area contributed by atoms with E-state index in [2.05, 4.69) is 9.97 Å². The first kappa shape index (κ1) is 12.4. The molecule has 100 valence electrons. The number of aromatic hydroxyl groups is 1. The van der Waals surface area contributed by atoms with E-state index < -0.39 is 6.61 Å². The first-order chi connectivity index (χ1) is 9.69. The maximum absolute atomic E-state index is 11.5. The first-order valence-corrected chi connectivity index (χ1v) is 6.11. The molecule has 0 radical (unpaired) electrons. The molecule has 0 amide bonds. The molecule has 2 aromatic carbocycles. The summed E-state index contributed by atoms with van der Waals surface area (Å²) < 4.78 is 0. The van der Waals surface area contributed by atoms with Crippen LogP contribution in [0.1, 0.15) is 10.4 Å². The quantitative estimate of drug-likeness (QED) is 0.635. The molecule has 0 spiro atoms. The Bertz CT molecular complexity index is 793. The lowest BCUT2D eigenvalue weighted by Gasteiger charge is -1.98. The molecule has 5 nitrogen and oxygen atoms in total. The van der Waals surface area contributed by atoms with Crippen LogP contribution in [0.15, 0.2) is 42.5 Å². The lowest BCUT2D eigenvalue weighted by molar-refractivity contribution is 0.0904. The number of benzene rings is 2. The summed E-state index contributed by atoms with van der Waals surface area (Å²) in [5.41, 5.74) is 2.39. The Balaban J connectivity index is 2.12. The molecule has 0 saturated heterocycles. The van der Waals surface area contributed by atoms with Crippen LogP contribution in [0.25, 0.3) is 22.4 Å². The van der Waals surface area contributed by atoms with Gasteiger partial charge in [-0.2, -0.15) is 0 Å². The van der Waals surface area contributed by atoms with E-state index in [-0.39, 0.29) is 11.5 Å². The summed E-state index contributed by atoms with van der Waals surface area (Å²) in [6.07, 6.45) is 0. The van der Waals surface area contributed by atoms with Gasteiger partial charge in [0.2, 0.25) is 0 Å². The first-order valence-electron chi connectivity index (χ1n) is 6.11. The summed E-state index contributed by atoms with van der Waals surface area (Å²) in [5, 5.41) is 18.7. The van der Waals surface area contributed by atoms with Crippen LogP contribution in [-0.2, 0) is 0 Å². The Morgan fingerprint density at radius 3 is 2.75 bits per heavy atom. The standard InChI is InChI=1S/C15H12N2O3/c18-8-14(20)9-5-6-11-12(7-9)17-15(16-11)10-3-1-2-4-13(10)19/h1-7,18-19H,8H2,(H,16,17). The Morgan fingerprint density at radius 2 is 2.00 bits per heavy atom. The number of aliphatic hydroxyl groups is 1. The van der Waals surface area contributed by atoms with Crippen LogP contribution < -0.4 is 0 Å². The number of imidazole rings is 1. The SMILES string of the molecule is O=C(CO)c1ccc2nc(-c3ccccc3O)[nH]c2c1. The van der Waals surface area contributed by atoms with Crippen LogP contribution in [0, 0.1) is 0 Å². The van der Waals surface area contributed by atoms with Crippen LogP contribution in [0.2, 0.25) is 0 Å². The van der Waals surface area contributed by atoms with Gasteiger partial charge in [-0.3, -0.25) is 4.79 Å². The maximum Gasteiger partial charge on any atom is 0.188 e. The van der Waals surface area contributed by atoms with Crippen molar-refractivity contribution >= 4 is 16.8 Å². The fourth-order valence-corrected chi connectivity index (χ4v) is 2.08. The number of phenolic OH excluding ortho intramolecular Hbond substituents is 1. The highest BCUT2D eigenvalue weighted by Gasteiger charge is 2.11. The van der Waals surface area contributed by atoms with E-state index in [9.17, 15) is 9.90 Å². The third kappa shape index (κ3) is 2.04. The number of Topliss-reactive ketones (excluding diaryl/α,β-unsaturated/α-hetero) is 1. The van der Waals surface area contributed by atoms with Gasteiger partial charge in [0, 0.05) is 5.56 Å². The van der Waals surface area contributed by atoms with Crippen molar-refractivity contribution in [1.82, 2.24) is 9.97 Å². The summed E-state index contributed by atoms with van der Waals surface area (Å²) in [5.74, 6) is 0.329. The average molecular weight is 268 g/mol. The minimum Gasteiger partial charge on any atom is -0.507 e. The number of rotatable bonds is 3. The number of phenols is 1. The molecular weight excluding hydrogens is 256 g/mol. The maximum atomic E-state index is 11.5. The molecule has 5 heteroatoms. The number of carbonyl (C=O) groups is 1. The zero-order chi connectivity index (χ0) is 14.1. The van der Waals surface area contributed by atoms with E-state index in [0.717, 1.165) is 0 Å². The molecule has 3 aromatic rings. The third-order valence-electron chi connectivity index (χ3n) is 3.11. The predicted octanol–water partition coefficient (Wildman–Crippen LogP) is 2.11. The Kier molecular flexibility index (Phi) is 2.96. The summed E-state index contributed by atoms with van der Waals surface area (Å²) in [6, 6.07) is 11.9. The van der Waals surface area contributed by atoms with Crippen molar-refractivity contribution < 1.29 is 15.0 Å². The van der Waals surface area contributed by atoms with Crippen molar-refractivity contribution in [2.45, 2.75) is 0 Å². The number of carbonyl (C=O) groups excluding carboxylic acids is 1. The van der Waals surface area contributed by atoms with Crippen molar-refractivity contribution in [2.75, 3.05) is 6.61 Å². The normalized spacial score (nSPS) is 10.8. The van der Waals surface area contributed by atoms with Crippen LogP contribution in [0.4, 0.5) is 0 Å². The summed E-state index contributed by atoms with van der Waals surface area (Å²) in [7, 11) is 0. The monoisotopic (exact) mass is 268 g/mol. The number of nitrogens with zero attached hydrogens (tertiary/aromatic N) is 1. The number of H-pyrrole nitrogens is 1. The third-order valence-corrected chi connectivity index (χ3v) is 3.11. The van der Waals surface area contributed by atoms with Crippen molar-refractivity contribution in [3.05, 3.63) is 48.0 Å². The highest BCUT2D eigenvalue weighted by molar-refractivity contribution is 5.99. The molecule has 0 atom stereocenters. The van der Waals surface area contributed by atoms with Gasteiger partial charge >= 0.3 is 0 Å². The molecule has 0 fully saturated rings. The van der Waals surface area contributed by atoms with E-state index in [4.69, 9.17) is 5.11 Å². The molecule has 3 rings (SSSR count). The van der Waals surface area contributed by atoms with Gasteiger partial charge in [0.15, 0.2) is 5.78 Å². The lowest BCUT2D eigenvalue weighted by Crippen LogP contribution is -2.03. The smallest absolute Gasteiger partial charge is 0.188 e. The highest BCUT2D eigenvalue weighted by Crippen LogP contribution is 2.28. The van der Waals surface area contributed by atoms with E-state index in [1.54, 1.807) is 36.4 Å². The minimum atomic E-state index is -0.522. The van der Waals surface area contributed by atoms with Crippen LogP contribution in [0.3, 0.4) is 0 Å². The van der Waals surface area contributed by atoms with Crippen LogP contribution in [0.5, 0.6) is 5.75 Å². The van der Waals surface area contributed by atoms with Crippen molar-refractivity contribution in [3.63, 3.8) is 0 Å². The van der Waals surface area contributed by atoms with Gasteiger partial charge in [-0.15, -0.1) is 0 Å². The van der Waals surface area contributed by atoms with E-state index >= 15 is 0 Å². The molecule has 0 bridgehead atoms. The lowest BCUT2D eigenvalue weighted by atomic mass is 10.1. The van der Waals surface area contributed by atoms with Crippen molar-refractivity contribution in [2.24, 2.45) is 0 Å². The summed E-state index contributed by atoms with van der Waals surface area (Å²) in [4.78, 5) is 18.9. The Morgan fingerprint density at radius 1 is 1.20 bits per heavy atom. The van der Waals surface area contributed by atoms with Crippen molar-refractivity contribution in [3.8, 4) is 17.1 Å². The number of aromatic nitrogens is 2. The Hall–Kier alpha value is -2.66. The average Bonchev–Trinajstić information content (AvgIpc) is 2.89. The molecule has 3 N–H and O–H groups in total. The zero-order valence-corrected chi connectivity index (χ0v) is 10.5. The summed E-state index contributed by atoms with van der Waals surface area (Å²) >= 11 is 0. The number of aromatic amines is 1. The number of nitrogens with one attached hydrogen (secondary N) is 1.